The third-order valence-corrected chi connectivity index (χ3v) is 7.49. The summed E-state index contributed by atoms with van der Waals surface area (Å²) < 4.78 is 37.8. The third kappa shape index (κ3) is 7.71. The van der Waals surface area contributed by atoms with Crippen molar-refractivity contribution in [3.63, 3.8) is 0 Å². The number of anilines is 1. The Bertz CT molecular complexity index is 1680. The van der Waals surface area contributed by atoms with Gasteiger partial charge in [-0.1, -0.05) is 6.07 Å². The second-order valence-corrected chi connectivity index (χ2v) is 10.5. The molecule has 0 saturated carbocycles. The molecule has 1 aliphatic rings. The molecule has 0 aliphatic carbocycles. The number of piperidine rings is 1. The van der Waals surface area contributed by atoms with Crippen LogP contribution in [0.1, 0.15) is 18.4 Å². The molecule has 12 heteroatoms. The van der Waals surface area contributed by atoms with Crippen molar-refractivity contribution in [1.82, 2.24) is 15.6 Å². The van der Waals surface area contributed by atoms with E-state index in [9.17, 15) is 14.7 Å². The normalized spacial score (nSPS) is 13.2. The topological polar surface area (TPSA) is 140 Å². The number of aromatic nitrogens is 1. The first-order valence-electron chi connectivity index (χ1n) is 14.6. The SMILES string of the molecule is COc1cc(CCNC(=O)C(=O)Nc2ccc(Oc3ccnc4c(OC)c(OCC5CCNCC5)ccc34)c(F)c2)ccc1O. The summed E-state index contributed by atoms with van der Waals surface area (Å²) >= 11 is 0. The van der Waals surface area contributed by atoms with Crippen LogP contribution in [0, 0.1) is 11.7 Å². The molecule has 236 valence electrons. The van der Waals surface area contributed by atoms with Gasteiger partial charge in [0.1, 0.15) is 11.3 Å². The molecule has 0 spiro atoms. The lowest BCUT2D eigenvalue weighted by Crippen LogP contribution is -2.36. The van der Waals surface area contributed by atoms with Gasteiger partial charge < -0.3 is 40.0 Å². The number of pyridine rings is 1. The van der Waals surface area contributed by atoms with Gasteiger partial charge in [-0.25, -0.2) is 4.39 Å². The molecule has 1 saturated heterocycles. The third-order valence-electron chi connectivity index (χ3n) is 7.49. The number of nitrogens with one attached hydrogen (secondary N) is 3. The van der Waals surface area contributed by atoms with Crippen LogP contribution in [0.5, 0.6) is 34.5 Å². The van der Waals surface area contributed by atoms with Crippen LogP contribution in [0.25, 0.3) is 10.9 Å². The molecular formula is C33H35FN4O7. The van der Waals surface area contributed by atoms with Crippen molar-refractivity contribution in [2.45, 2.75) is 19.3 Å². The number of carbonyl (C=O) groups is 2. The van der Waals surface area contributed by atoms with E-state index in [1.807, 2.05) is 0 Å². The molecule has 0 radical (unpaired) electrons. The van der Waals surface area contributed by atoms with E-state index in [0.717, 1.165) is 37.6 Å². The van der Waals surface area contributed by atoms with Gasteiger partial charge in [0.25, 0.3) is 0 Å². The molecule has 2 amide bonds. The minimum Gasteiger partial charge on any atom is -0.504 e. The van der Waals surface area contributed by atoms with Gasteiger partial charge >= 0.3 is 11.8 Å². The number of rotatable bonds is 11. The number of fused-ring (bicyclic) bond motifs is 1. The van der Waals surface area contributed by atoms with Crippen LogP contribution in [0.2, 0.25) is 0 Å². The van der Waals surface area contributed by atoms with Gasteiger partial charge in [0.05, 0.1) is 20.8 Å². The van der Waals surface area contributed by atoms with E-state index in [-0.39, 0.29) is 23.7 Å². The number of nitrogens with zero attached hydrogens (tertiary/aromatic N) is 1. The number of aromatic hydroxyl groups is 1. The number of hydrogen-bond donors (Lipinski definition) is 4. The zero-order valence-electron chi connectivity index (χ0n) is 25.0. The molecule has 1 aromatic heterocycles. The van der Waals surface area contributed by atoms with Crippen molar-refractivity contribution in [2.75, 3.05) is 45.8 Å². The Morgan fingerprint density at radius 3 is 2.51 bits per heavy atom. The quantitative estimate of drug-likeness (QED) is 0.178. The summed E-state index contributed by atoms with van der Waals surface area (Å²) in [5, 5.41) is 18.6. The first-order valence-corrected chi connectivity index (χ1v) is 14.6. The molecule has 4 N–H and O–H groups in total. The van der Waals surface area contributed by atoms with Gasteiger partial charge in [0.15, 0.2) is 34.6 Å². The summed E-state index contributed by atoms with van der Waals surface area (Å²) in [6.07, 6.45) is 4.04. The number of phenols is 1. The van der Waals surface area contributed by atoms with Crippen LogP contribution >= 0.6 is 0 Å². The average Bonchev–Trinajstić information content (AvgIpc) is 3.05. The Labute approximate surface area is 259 Å². The molecule has 5 rings (SSSR count). The Kier molecular flexibility index (Phi) is 10.2. The zero-order valence-corrected chi connectivity index (χ0v) is 25.0. The summed E-state index contributed by atoms with van der Waals surface area (Å²) in [5.41, 5.74) is 1.39. The maximum atomic E-state index is 15.1. The van der Waals surface area contributed by atoms with Gasteiger partial charge in [0.2, 0.25) is 0 Å². The van der Waals surface area contributed by atoms with E-state index >= 15 is 4.39 Å². The largest absolute Gasteiger partial charge is 0.504 e. The number of phenolic OH excluding ortho intramolecular Hbond substituents is 1. The molecule has 4 aromatic rings. The standard InChI is InChI=1S/C33H35FN4O7/c1-42-29-17-20(3-6-25(29)39)11-15-37-32(40)33(41)38-22-4-7-27(24(34)18-22)45-26-12-16-36-30-23(26)5-8-28(31(30)43-2)44-19-21-9-13-35-14-10-21/h3-8,12,16-18,21,35,39H,9-11,13-15,19H2,1-2H3,(H,37,40)(H,38,41). The van der Waals surface area contributed by atoms with E-state index in [1.165, 1.54) is 25.3 Å². The van der Waals surface area contributed by atoms with E-state index < -0.39 is 17.6 Å². The fourth-order valence-corrected chi connectivity index (χ4v) is 5.05. The van der Waals surface area contributed by atoms with Crippen molar-refractivity contribution in [2.24, 2.45) is 5.92 Å². The number of halogens is 1. The summed E-state index contributed by atoms with van der Waals surface area (Å²) in [6.45, 7) is 2.69. The van der Waals surface area contributed by atoms with Crippen LogP contribution in [0.15, 0.2) is 60.8 Å². The number of ether oxygens (including phenoxy) is 4. The highest BCUT2D eigenvalue weighted by Crippen LogP contribution is 2.40. The van der Waals surface area contributed by atoms with E-state index in [1.54, 1.807) is 43.6 Å². The highest BCUT2D eigenvalue weighted by Gasteiger charge is 2.19. The van der Waals surface area contributed by atoms with Crippen LogP contribution in [-0.2, 0) is 16.0 Å². The molecule has 3 aromatic carbocycles. The van der Waals surface area contributed by atoms with Gasteiger partial charge in [0, 0.05) is 29.9 Å². The molecule has 11 nitrogen and oxygen atoms in total. The van der Waals surface area contributed by atoms with Crippen molar-refractivity contribution in [3.8, 4) is 34.5 Å². The predicted octanol–water partition coefficient (Wildman–Crippen LogP) is 4.56. The monoisotopic (exact) mass is 618 g/mol. The molecule has 45 heavy (non-hydrogen) atoms. The molecule has 1 aliphatic heterocycles. The summed E-state index contributed by atoms with van der Waals surface area (Å²) in [5.74, 6) is -0.488. The summed E-state index contributed by atoms with van der Waals surface area (Å²) in [4.78, 5) is 29.1. The first-order chi connectivity index (χ1) is 21.9. The fourth-order valence-electron chi connectivity index (χ4n) is 5.05. The molecule has 0 unspecified atom stereocenters. The highest BCUT2D eigenvalue weighted by molar-refractivity contribution is 6.39. The smallest absolute Gasteiger partial charge is 0.313 e. The minimum atomic E-state index is -0.947. The molecule has 1 fully saturated rings. The zero-order chi connectivity index (χ0) is 31.8. The molecule has 0 bridgehead atoms. The van der Waals surface area contributed by atoms with Gasteiger partial charge in [-0.05, 0) is 86.3 Å². The van der Waals surface area contributed by atoms with Gasteiger partial charge in [-0.2, -0.15) is 0 Å². The van der Waals surface area contributed by atoms with Crippen LogP contribution < -0.4 is 34.9 Å². The lowest BCUT2D eigenvalue weighted by atomic mass is 9.99. The Hall–Kier alpha value is -5.10. The Morgan fingerprint density at radius 2 is 1.76 bits per heavy atom. The van der Waals surface area contributed by atoms with E-state index in [0.29, 0.717) is 52.8 Å². The highest BCUT2D eigenvalue weighted by atomic mass is 19.1. The van der Waals surface area contributed by atoms with Gasteiger partial charge in [-0.3, -0.25) is 14.6 Å². The number of amides is 2. The van der Waals surface area contributed by atoms with Gasteiger partial charge in [-0.15, -0.1) is 0 Å². The maximum absolute atomic E-state index is 15.1. The van der Waals surface area contributed by atoms with Crippen molar-refractivity contribution in [1.29, 1.82) is 0 Å². The lowest BCUT2D eigenvalue weighted by molar-refractivity contribution is -0.136. The van der Waals surface area contributed by atoms with Crippen LogP contribution in [-0.4, -0.2) is 62.4 Å². The van der Waals surface area contributed by atoms with Crippen molar-refractivity contribution >= 4 is 28.4 Å². The van der Waals surface area contributed by atoms with Crippen LogP contribution in [0.4, 0.5) is 10.1 Å². The lowest BCUT2D eigenvalue weighted by Gasteiger charge is -2.23. The minimum absolute atomic E-state index is 0.00463. The number of carbonyl (C=O) groups excluding carboxylic acids is 2. The fraction of sp³-hybridized carbons (Fsp3) is 0.303. The number of methoxy groups -OCH3 is 2. The van der Waals surface area contributed by atoms with Crippen LogP contribution in [0.3, 0.4) is 0 Å². The summed E-state index contributed by atoms with van der Waals surface area (Å²) in [6, 6.07) is 13.9. The second kappa shape index (κ2) is 14.6. The number of hydrogen-bond acceptors (Lipinski definition) is 9. The molecule has 0 atom stereocenters. The molecular weight excluding hydrogens is 583 g/mol. The van der Waals surface area contributed by atoms with E-state index in [2.05, 4.69) is 20.9 Å². The predicted molar refractivity (Wildman–Crippen MR) is 166 cm³/mol. The van der Waals surface area contributed by atoms with E-state index in [4.69, 9.17) is 18.9 Å². The van der Waals surface area contributed by atoms with Crippen molar-refractivity contribution < 1.29 is 38.0 Å². The maximum Gasteiger partial charge on any atom is 0.313 e. The first kappa shape index (κ1) is 31.3. The van der Waals surface area contributed by atoms with Crippen molar-refractivity contribution in [3.05, 3.63) is 72.2 Å². The Morgan fingerprint density at radius 1 is 0.956 bits per heavy atom. The summed E-state index contributed by atoms with van der Waals surface area (Å²) in [7, 11) is 2.98. The Balaban J connectivity index is 1.20. The number of benzene rings is 3. The second-order valence-electron chi connectivity index (χ2n) is 10.5. The molecule has 2 heterocycles. The average molecular weight is 619 g/mol.